The molecule has 2 aliphatic rings. The summed E-state index contributed by atoms with van der Waals surface area (Å²) in [5.74, 6) is -2.07. The van der Waals surface area contributed by atoms with Gasteiger partial charge in [0.1, 0.15) is 12.2 Å². The second kappa shape index (κ2) is 10.6. The van der Waals surface area contributed by atoms with Gasteiger partial charge in [-0.05, 0) is 30.5 Å². The van der Waals surface area contributed by atoms with Crippen LogP contribution in [0.3, 0.4) is 0 Å². The maximum atomic E-state index is 6.55. The van der Waals surface area contributed by atoms with Crippen molar-refractivity contribution in [3.05, 3.63) is 108 Å². The smallest absolute Gasteiger partial charge is 0.251 e. The van der Waals surface area contributed by atoms with Gasteiger partial charge in [-0.1, -0.05) is 91.0 Å². The minimum Gasteiger partial charge on any atom is -0.343 e. The molecule has 3 aromatic carbocycles. The quantitative estimate of drug-likeness (QED) is 0.375. The summed E-state index contributed by atoms with van der Waals surface area (Å²) >= 11 is 0. The normalized spacial score (nSPS) is 25.1. The molecule has 0 aliphatic carbocycles. The van der Waals surface area contributed by atoms with Crippen LogP contribution < -0.4 is 0 Å². The molecule has 0 spiro atoms. The standard InChI is InChI=1S/C29H32O6/c1-28(2)34-25-21-33-29(26(25)35-28,32-20-24-16-10-5-11-17-24)27(30-18-22-12-6-3-7-13-22)31-19-23-14-8-4-9-15-23/h3-17,25-27H,18-21H2,1-2H3/t25-,26-,29-/m0/s1. The topological polar surface area (TPSA) is 55.4 Å². The van der Waals surface area contributed by atoms with E-state index in [9.17, 15) is 0 Å². The fourth-order valence-corrected chi connectivity index (χ4v) is 4.53. The number of hydrogen-bond donors (Lipinski definition) is 0. The zero-order chi connectivity index (χ0) is 24.1. The molecule has 3 aromatic rings. The van der Waals surface area contributed by atoms with E-state index >= 15 is 0 Å². The number of ether oxygens (including phenoxy) is 6. The molecule has 6 nitrogen and oxygen atoms in total. The second-order valence-corrected chi connectivity index (χ2v) is 9.33. The van der Waals surface area contributed by atoms with E-state index in [-0.39, 0.29) is 6.10 Å². The average molecular weight is 477 g/mol. The highest BCUT2D eigenvalue weighted by molar-refractivity contribution is 5.16. The summed E-state index contributed by atoms with van der Waals surface area (Å²) in [6.07, 6.45) is -1.67. The summed E-state index contributed by atoms with van der Waals surface area (Å²) < 4.78 is 38.1. The van der Waals surface area contributed by atoms with Crippen molar-refractivity contribution in [3.63, 3.8) is 0 Å². The molecule has 0 saturated carbocycles. The lowest BCUT2D eigenvalue weighted by Crippen LogP contribution is -2.56. The molecule has 0 N–H and O–H groups in total. The molecular weight excluding hydrogens is 444 g/mol. The number of benzene rings is 3. The Bertz CT molecular complexity index is 1010. The molecule has 5 rings (SSSR count). The van der Waals surface area contributed by atoms with E-state index in [4.69, 9.17) is 28.4 Å². The predicted molar refractivity (Wildman–Crippen MR) is 130 cm³/mol. The Hall–Kier alpha value is -2.58. The minimum absolute atomic E-state index is 0.288. The minimum atomic E-state index is -1.31. The maximum Gasteiger partial charge on any atom is 0.251 e. The zero-order valence-corrected chi connectivity index (χ0v) is 20.2. The summed E-state index contributed by atoms with van der Waals surface area (Å²) in [4.78, 5) is 0. The van der Waals surface area contributed by atoms with Crippen molar-refractivity contribution < 1.29 is 28.4 Å². The largest absolute Gasteiger partial charge is 0.343 e. The highest BCUT2D eigenvalue weighted by Crippen LogP contribution is 2.45. The van der Waals surface area contributed by atoms with Crippen LogP contribution >= 0.6 is 0 Å². The first-order chi connectivity index (χ1) is 17.0. The Morgan fingerprint density at radius 3 is 1.71 bits per heavy atom. The predicted octanol–water partition coefficient (Wildman–Crippen LogP) is 5.21. The van der Waals surface area contributed by atoms with Crippen molar-refractivity contribution in [1.29, 1.82) is 0 Å². The molecule has 3 atom stereocenters. The van der Waals surface area contributed by atoms with Crippen molar-refractivity contribution in [2.24, 2.45) is 0 Å². The fraction of sp³-hybridized carbons (Fsp3) is 0.379. The first kappa shape index (κ1) is 24.1. The molecule has 2 aliphatic heterocycles. The van der Waals surface area contributed by atoms with Gasteiger partial charge in [0.25, 0.3) is 5.79 Å². The molecule has 0 aromatic heterocycles. The zero-order valence-electron chi connectivity index (χ0n) is 20.2. The van der Waals surface area contributed by atoms with Crippen molar-refractivity contribution >= 4 is 0 Å². The van der Waals surface area contributed by atoms with Crippen LogP contribution in [0.15, 0.2) is 91.0 Å². The Morgan fingerprint density at radius 1 is 0.714 bits per heavy atom. The SMILES string of the molecule is CC1(C)O[C@H]2CO[C@](OCc3ccccc3)(C(OCc3ccccc3)OCc3ccccc3)[C@H]2O1. The average Bonchev–Trinajstić information content (AvgIpc) is 3.38. The monoisotopic (exact) mass is 476 g/mol. The summed E-state index contributed by atoms with van der Waals surface area (Å²) in [6, 6.07) is 29.9. The molecule has 0 bridgehead atoms. The van der Waals surface area contributed by atoms with Crippen LogP contribution in [-0.4, -0.2) is 36.7 Å². The van der Waals surface area contributed by atoms with E-state index in [0.717, 1.165) is 16.7 Å². The van der Waals surface area contributed by atoms with Gasteiger partial charge < -0.3 is 28.4 Å². The van der Waals surface area contributed by atoms with Gasteiger partial charge in [0.2, 0.25) is 6.29 Å². The number of hydrogen-bond acceptors (Lipinski definition) is 6. The molecule has 0 amide bonds. The van der Waals surface area contributed by atoms with Crippen molar-refractivity contribution in [2.45, 2.75) is 63.7 Å². The Morgan fingerprint density at radius 2 is 1.20 bits per heavy atom. The first-order valence-electron chi connectivity index (χ1n) is 12.0. The van der Waals surface area contributed by atoms with Crippen molar-refractivity contribution in [2.75, 3.05) is 6.61 Å². The summed E-state index contributed by atoms with van der Waals surface area (Å²) in [5, 5.41) is 0. The summed E-state index contributed by atoms with van der Waals surface area (Å²) in [7, 11) is 0. The molecule has 0 unspecified atom stereocenters. The molecule has 184 valence electrons. The lowest BCUT2D eigenvalue weighted by molar-refractivity contribution is -0.377. The molecular formula is C29H32O6. The van der Waals surface area contributed by atoms with Crippen LogP contribution in [0.4, 0.5) is 0 Å². The molecule has 2 heterocycles. The second-order valence-electron chi connectivity index (χ2n) is 9.33. The van der Waals surface area contributed by atoms with Gasteiger partial charge in [0, 0.05) is 0 Å². The van der Waals surface area contributed by atoms with E-state index in [1.54, 1.807) is 0 Å². The van der Waals surface area contributed by atoms with E-state index in [1.165, 1.54) is 0 Å². The van der Waals surface area contributed by atoms with Crippen LogP contribution in [0.25, 0.3) is 0 Å². The highest BCUT2D eigenvalue weighted by Gasteiger charge is 2.64. The summed E-state index contributed by atoms with van der Waals surface area (Å²) in [6.45, 7) is 5.11. The number of fused-ring (bicyclic) bond motifs is 1. The van der Waals surface area contributed by atoms with Gasteiger partial charge in [-0.2, -0.15) is 0 Å². The molecule has 0 radical (unpaired) electrons. The third kappa shape index (κ3) is 5.64. The van der Waals surface area contributed by atoms with E-state index in [1.807, 2.05) is 105 Å². The molecule has 2 saturated heterocycles. The Balaban J connectivity index is 1.44. The van der Waals surface area contributed by atoms with Gasteiger partial charge in [0.05, 0.1) is 26.4 Å². The number of rotatable bonds is 10. The molecule has 2 fully saturated rings. The van der Waals surface area contributed by atoms with Gasteiger partial charge in [-0.15, -0.1) is 0 Å². The third-order valence-electron chi connectivity index (χ3n) is 6.18. The Labute approximate surface area is 206 Å². The van der Waals surface area contributed by atoms with Crippen molar-refractivity contribution in [3.8, 4) is 0 Å². The molecule has 35 heavy (non-hydrogen) atoms. The highest BCUT2D eigenvalue weighted by atomic mass is 16.8. The Kier molecular flexibility index (Phi) is 7.29. The van der Waals surface area contributed by atoms with Crippen LogP contribution in [-0.2, 0) is 48.2 Å². The molecule has 6 heteroatoms. The van der Waals surface area contributed by atoms with Gasteiger partial charge in [-0.3, -0.25) is 0 Å². The first-order valence-corrected chi connectivity index (χ1v) is 12.0. The van der Waals surface area contributed by atoms with Crippen LogP contribution in [0.1, 0.15) is 30.5 Å². The van der Waals surface area contributed by atoms with Crippen molar-refractivity contribution in [1.82, 2.24) is 0 Å². The van der Waals surface area contributed by atoms with E-state index in [2.05, 4.69) is 0 Å². The fourth-order valence-electron chi connectivity index (χ4n) is 4.53. The third-order valence-corrected chi connectivity index (χ3v) is 6.18. The van der Waals surface area contributed by atoms with Crippen LogP contribution in [0.2, 0.25) is 0 Å². The van der Waals surface area contributed by atoms with Crippen LogP contribution in [0.5, 0.6) is 0 Å². The van der Waals surface area contributed by atoms with Gasteiger partial charge in [-0.25, -0.2) is 0 Å². The lowest BCUT2D eigenvalue weighted by Gasteiger charge is -2.39. The maximum absolute atomic E-state index is 6.55. The lowest BCUT2D eigenvalue weighted by atomic mass is 10.1. The van der Waals surface area contributed by atoms with E-state index < -0.39 is 24.0 Å². The van der Waals surface area contributed by atoms with E-state index in [0.29, 0.717) is 26.4 Å². The van der Waals surface area contributed by atoms with Crippen LogP contribution in [0, 0.1) is 0 Å². The summed E-state index contributed by atoms with van der Waals surface area (Å²) in [5.41, 5.74) is 3.07. The van der Waals surface area contributed by atoms with Gasteiger partial charge >= 0.3 is 0 Å². The van der Waals surface area contributed by atoms with Gasteiger partial charge in [0.15, 0.2) is 5.79 Å².